The highest BCUT2D eigenvalue weighted by Crippen LogP contribution is 2.30. The topological polar surface area (TPSA) is 99.2 Å². The molecule has 0 radical (unpaired) electrons. The van der Waals surface area contributed by atoms with Crippen molar-refractivity contribution in [3.05, 3.63) is 47.9 Å². The second-order valence-electron chi connectivity index (χ2n) is 6.98. The number of fused-ring (bicyclic) bond motifs is 1. The average Bonchev–Trinajstić information content (AvgIpc) is 3.34. The first-order valence-electron chi connectivity index (χ1n) is 9.47. The van der Waals surface area contributed by atoms with Crippen LogP contribution in [-0.2, 0) is 17.8 Å². The van der Waals surface area contributed by atoms with Crippen molar-refractivity contribution in [1.82, 2.24) is 24.6 Å². The van der Waals surface area contributed by atoms with Gasteiger partial charge < -0.3 is 15.4 Å². The average molecular weight is 380 g/mol. The van der Waals surface area contributed by atoms with Crippen LogP contribution in [0.25, 0.3) is 11.2 Å². The van der Waals surface area contributed by atoms with Crippen molar-refractivity contribution >= 4 is 17.1 Å². The molecular weight excluding hydrogens is 356 g/mol. The van der Waals surface area contributed by atoms with E-state index < -0.39 is 0 Å². The predicted molar refractivity (Wildman–Crippen MR) is 105 cm³/mol. The van der Waals surface area contributed by atoms with Crippen LogP contribution in [0.1, 0.15) is 23.6 Å². The molecule has 146 valence electrons. The van der Waals surface area contributed by atoms with Gasteiger partial charge in [0.2, 0.25) is 5.91 Å². The SMILES string of the molecule is COc1cccc(CC(=O)N2CC[C@H](c3nn(CCN)c4nccnc34)C2)c1. The minimum Gasteiger partial charge on any atom is -0.497 e. The molecule has 8 nitrogen and oxygen atoms in total. The van der Waals surface area contributed by atoms with Gasteiger partial charge >= 0.3 is 0 Å². The number of methoxy groups -OCH3 is 1. The van der Waals surface area contributed by atoms with Crippen molar-refractivity contribution in [2.75, 3.05) is 26.7 Å². The third-order valence-electron chi connectivity index (χ3n) is 5.15. The number of hydrogen-bond acceptors (Lipinski definition) is 6. The van der Waals surface area contributed by atoms with Gasteiger partial charge in [-0.05, 0) is 24.1 Å². The van der Waals surface area contributed by atoms with Crippen molar-refractivity contribution in [3.63, 3.8) is 0 Å². The van der Waals surface area contributed by atoms with Gasteiger partial charge in [-0.1, -0.05) is 12.1 Å². The Kier molecular flexibility index (Phi) is 5.21. The Hall–Kier alpha value is -3.00. The smallest absolute Gasteiger partial charge is 0.227 e. The number of rotatable bonds is 6. The van der Waals surface area contributed by atoms with Gasteiger partial charge in [-0.25, -0.2) is 14.6 Å². The van der Waals surface area contributed by atoms with E-state index in [1.807, 2.05) is 33.8 Å². The summed E-state index contributed by atoms with van der Waals surface area (Å²) in [5.74, 6) is 1.04. The van der Waals surface area contributed by atoms with E-state index in [4.69, 9.17) is 15.6 Å². The molecule has 0 unspecified atom stereocenters. The Morgan fingerprint density at radius 2 is 2.18 bits per heavy atom. The molecular formula is C20H24N6O2. The van der Waals surface area contributed by atoms with Gasteiger partial charge in [0.05, 0.1) is 25.8 Å². The maximum Gasteiger partial charge on any atom is 0.227 e. The van der Waals surface area contributed by atoms with E-state index in [0.717, 1.165) is 41.1 Å². The molecule has 1 saturated heterocycles. The monoisotopic (exact) mass is 380 g/mol. The first kappa shape index (κ1) is 18.4. The van der Waals surface area contributed by atoms with Gasteiger partial charge in [-0.2, -0.15) is 5.10 Å². The molecule has 0 saturated carbocycles. The molecule has 1 aliphatic rings. The highest BCUT2D eigenvalue weighted by molar-refractivity contribution is 5.80. The van der Waals surface area contributed by atoms with Crippen molar-refractivity contribution in [1.29, 1.82) is 0 Å². The molecule has 0 spiro atoms. The standard InChI is InChI=1S/C20H24N6O2/c1-28-16-4-2-3-14(11-16)12-17(27)25-9-5-15(13-25)18-19-20(23-8-7-22-19)26(24-18)10-6-21/h2-4,7-8,11,15H,5-6,9-10,12-13,21H2,1H3/t15-/m0/s1. The molecule has 8 heteroatoms. The molecule has 1 amide bonds. The van der Waals surface area contributed by atoms with Crippen LogP contribution in [0.4, 0.5) is 0 Å². The number of amides is 1. The van der Waals surface area contributed by atoms with Crippen LogP contribution in [0, 0.1) is 0 Å². The van der Waals surface area contributed by atoms with Gasteiger partial charge in [-0.3, -0.25) is 4.79 Å². The first-order chi connectivity index (χ1) is 13.7. The lowest BCUT2D eigenvalue weighted by Gasteiger charge is -2.16. The summed E-state index contributed by atoms with van der Waals surface area (Å²) in [7, 11) is 1.63. The second-order valence-corrected chi connectivity index (χ2v) is 6.98. The summed E-state index contributed by atoms with van der Waals surface area (Å²) in [6.45, 7) is 2.45. The second kappa shape index (κ2) is 7.93. The summed E-state index contributed by atoms with van der Waals surface area (Å²) < 4.78 is 7.06. The Morgan fingerprint density at radius 1 is 1.32 bits per heavy atom. The van der Waals surface area contributed by atoms with Crippen LogP contribution in [0.5, 0.6) is 5.75 Å². The molecule has 1 atom stereocenters. The number of carbonyl (C=O) groups is 1. The molecule has 1 aromatic carbocycles. The third-order valence-corrected chi connectivity index (χ3v) is 5.15. The van der Waals surface area contributed by atoms with Gasteiger partial charge in [0, 0.05) is 37.9 Å². The normalized spacial score (nSPS) is 16.6. The number of carbonyl (C=O) groups excluding carboxylic acids is 1. The Labute approximate surface area is 163 Å². The predicted octanol–water partition coefficient (Wildman–Crippen LogP) is 1.35. The number of hydrogen-bond donors (Lipinski definition) is 1. The van der Waals surface area contributed by atoms with Gasteiger partial charge in [-0.15, -0.1) is 0 Å². The van der Waals surface area contributed by atoms with E-state index >= 15 is 0 Å². The van der Waals surface area contributed by atoms with Crippen LogP contribution in [0.3, 0.4) is 0 Å². The molecule has 0 bridgehead atoms. The molecule has 2 aromatic heterocycles. The van der Waals surface area contributed by atoms with E-state index in [2.05, 4.69) is 9.97 Å². The number of nitrogens with two attached hydrogens (primary N) is 1. The summed E-state index contributed by atoms with van der Waals surface area (Å²) in [4.78, 5) is 23.6. The Morgan fingerprint density at radius 3 is 3.00 bits per heavy atom. The molecule has 28 heavy (non-hydrogen) atoms. The summed E-state index contributed by atoms with van der Waals surface area (Å²) in [5.41, 5.74) is 9.13. The zero-order valence-electron chi connectivity index (χ0n) is 15.9. The number of nitrogens with zero attached hydrogens (tertiary/aromatic N) is 5. The minimum atomic E-state index is 0.118. The molecule has 3 heterocycles. The van der Waals surface area contributed by atoms with Gasteiger partial charge in [0.1, 0.15) is 11.3 Å². The third kappa shape index (κ3) is 3.55. The molecule has 3 aromatic rings. The Bertz CT molecular complexity index is 986. The highest BCUT2D eigenvalue weighted by atomic mass is 16.5. The highest BCUT2D eigenvalue weighted by Gasteiger charge is 2.31. The zero-order chi connectivity index (χ0) is 19.5. The lowest BCUT2D eigenvalue weighted by Crippen LogP contribution is -2.30. The van der Waals surface area contributed by atoms with Crippen molar-refractivity contribution in [2.45, 2.75) is 25.3 Å². The Balaban J connectivity index is 1.49. The molecule has 0 aliphatic carbocycles. The largest absolute Gasteiger partial charge is 0.497 e. The zero-order valence-corrected chi connectivity index (χ0v) is 15.9. The van der Waals surface area contributed by atoms with Crippen molar-refractivity contribution < 1.29 is 9.53 Å². The van der Waals surface area contributed by atoms with Crippen LogP contribution in [0.2, 0.25) is 0 Å². The van der Waals surface area contributed by atoms with E-state index in [9.17, 15) is 4.79 Å². The van der Waals surface area contributed by atoms with E-state index in [1.165, 1.54) is 0 Å². The maximum absolute atomic E-state index is 12.8. The van der Waals surface area contributed by atoms with Crippen LogP contribution >= 0.6 is 0 Å². The van der Waals surface area contributed by atoms with Crippen LogP contribution < -0.4 is 10.5 Å². The van der Waals surface area contributed by atoms with E-state index in [1.54, 1.807) is 19.5 Å². The quantitative estimate of drug-likeness (QED) is 0.693. The summed E-state index contributed by atoms with van der Waals surface area (Å²) in [6.07, 6.45) is 4.58. The van der Waals surface area contributed by atoms with Crippen LogP contribution in [0.15, 0.2) is 36.7 Å². The fraction of sp³-hybridized carbons (Fsp3) is 0.400. The number of ether oxygens (including phenoxy) is 1. The van der Waals surface area contributed by atoms with Crippen molar-refractivity contribution in [2.24, 2.45) is 5.73 Å². The molecule has 2 N–H and O–H groups in total. The number of aromatic nitrogens is 4. The molecule has 1 fully saturated rings. The minimum absolute atomic E-state index is 0.118. The maximum atomic E-state index is 12.8. The summed E-state index contributed by atoms with van der Waals surface area (Å²) in [6, 6.07) is 7.64. The fourth-order valence-corrected chi connectivity index (χ4v) is 3.76. The first-order valence-corrected chi connectivity index (χ1v) is 9.47. The van der Waals surface area contributed by atoms with Crippen LogP contribution in [-0.4, -0.2) is 57.3 Å². The lowest BCUT2D eigenvalue weighted by atomic mass is 10.0. The number of benzene rings is 1. The summed E-state index contributed by atoms with van der Waals surface area (Å²) in [5, 5.41) is 4.72. The molecule has 4 rings (SSSR count). The van der Waals surface area contributed by atoms with E-state index in [0.29, 0.717) is 26.1 Å². The van der Waals surface area contributed by atoms with Gasteiger partial charge in [0.25, 0.3) is 0 Å². The summed E-state index contributed by atoms with van der Waals surface area (Å²) >= 11 is 0. The number of likely N-dealkylation sites (tertiary alicyclic amines) is 1. The lowest BCUT2D eigenvalue weighted by molar-refractivity contribution is -0.129. The molecule has 1 aliphatic heterocycles. The van der Waals surface area contributed by atoms with Crippen molar-refractivity contribution in [3.8, 4) is 5.75 Å². The fourth-order valence-electron chi connectivity index (χ4n) is 3.76. The van der Waals surface area contributed by atoms with E-state index in [-0.39, 0.29) is 11.8 Å². The van der Waals surface area contributed by atoms with Gasteiger partial charge in [0.15, 0.2) is 5.65 Å².